The molecule has 0 saturated carbocycles. The Morgan fingerprint density at radius 1 is 1.10 bits per heavy atom. The van der Waals surface area contributed by atoms with Gasteiger partial charge in [0.1, 0.15) is 23.7 Å². The molecule has 7 nitrogen and oxygen atoms in total. The predicted octanol–water partition coefficient (Wildman–Crippen LogP) is 8.42. The number of halogens is 1. The lowest BCUT2D eigenvalue weighted by Crippen LogP contribution is -2.60. The molecule has 0 radical (unpaired) electrons. The lowest BCUT2D eigenvalue weighted by atomic mass is 9.71. The molecule has 1 N–H and O–H groups in total. The second kappa shape index (κ2) is 14.0. The normalized spacial score (nSPS) is 44.2. The van der Waals surface area contributed by atoms with E-state index in [9.17, 15) is 9.90 Å². The van der Waals surface area contributed by atoms with Crippen LogP contribution < -0.4 is 0 Å². The van der Waals surface area contributed by atoms with Crippen LogP contribution in [0, 0.1) is 23.7 Å². The van der Waals surface area contributed by atoms with Crippen molar-refractivity contribution in [2.45, 2.75) is 160 Å². The fourth-order valence-corrected chi connectivity index (χ4v) is 9.52. The van der Waals surface area contributed by atoms with Crippen LogP contribution in [0.5, 0.6) is 0 Å². The Balaban J connectivity index is 1.56. The third-order valence-electron chi connectivity index (χ3n) is 12.1. The summed E-state index contributed by atoms with van der Waals surface area (Å²) in [5.74, 6) is -1.46. The van der Waals surface area contributed by atoms with Gasteiger partial charge in [0, 0.05) is 19.3 Å². The van der Waals surface area contributed by atoms with E-state index in [-0.39, 0.29) is 35.1 Å². The number of fused-ring (bicyclic) bond motifs is 2. The van der Waals surface area contributed by atoms with Crippen molar-refractivity contribution in [1.82, 2.24) is 0 Å². The number of ether oxygens (including phenoxy) is 4. The first-order valence-electron chi connectivity index (χ1n) is 18.2. The van der Waals surface area contributed by atoms with Crippen LogP contribution in [0.25, 0.3) is 0 Å². The van der Waals surface area contributed by atoms with Crippen molar-refractivity contribution in [2.24, 2.45) is 23.7 Å². The Bertz CT molecular complexity index is 1330. The summed E-state index contributed by atoms with van der Waals surface area (Å²) in [5, 5.41) is 12.5. The number of hydrogen-bond donors (Lipinski definition) is 1. The molecule has 270 valence electrons. The van der Waals surface area contributed by atoms with E-state index in [4.69, 9.17) is 35.0 Å². The number of alkyl halides is 1. The molecule has 11 atom stereocenters. The molecule has 4 aliphatic heterocycles. The van der Waals surface area contributed by atoms with Gasteiger partial charge in [0.25, 0.3) is 0 Å². The summed E-state index contributed by atoms with van der Waals surface area (Å²) in [4.78, 5) is 14.4. The average molecular weight is 705 g/mol. The molecule has 5 aliphatic rings. The second-order valence-corrected chi connectivity index (χ2v) is 22.5. The minimum absolute atomic E-state index is 0.0330. The first-order chi connectivity index (χ1) is 22.3. The largest absolute Gasteiger partial charge is 0.462 e. The summed E-state index contributed by atoms with van der Waals surface area (Å²) in [7, 11) is -2.27. The minimum atomic E-state index is -2.27. The number of rotatable bonds is 3. The molecule has 0 aromatic rings. The summed E-state index contributed by atoms with van der Waals surface area (Å²) >= 11 is 6.99. The number of carbonyl (C=O) groups is 1. The molecule has 0 amide bonds. The van der Waals surface area contributed by atoms with Crippen molar-refractivity contribution in [3.8, 4) is 0 Å². The summed E-state index contributed by atoms with van der Waals surface area (Å²) in [6.07, 6.45) is 11.5. The van der Waals surface area contributed by atoms with Gasteiger partial charge in [-0.3, -0.25) is 4.79 Å². The maximum atomic E-state index is 14.4. The highest BCUT2D eigenvalue weighted by atomic mass is 35.5. The summed E-state index contributed by atoms with van der Waals surface area (Å²) in [6, 6.07) is 0. The summed E-state index contributed by atoms with van der Waals surface area (Å²) < 4.78 is 33.4. The van der Waals surface area contributed by atoms with Crippen LogP contribution in [0.3, 0.4) is 0 Å². The molecule has 3 fully saturated rings. The van der Waals surface area contributed by atoms with Gasteiger partial charge in [-0.1, -0.05) is 84.4 Å². The topological polar surface area (TPSA) is 83.5 Å². The third kappa shape index (κ3) is 7.37. The van der Waals surface area contributed by atoms with Crippen molar-refractivity contribution in [1.29, 1.82) is 0 Å². The Labute approximate surface area is 295 Å². The van der Waals surface area contributed by atoms with Gasteiger partial charge >= 0.3 is 5.97 Å². The monoisotopic (exact) mass is 704 g/mol. The lowest BCUT2D eigenvalue weighted by Gasteiger charge is -2.51. The smallest absolute Gasteiger partial charge is 0.316 e. The Hall–Kier alpha value is -1.26. The van der Waals surface area contributed by atoms with Gasteiger partial charge in [0.05, 0.1) is 30.3 Å². The van der Waals surface area contributed by atoms with Crippen molar-refractivity contribution in [2.75, 3.05) is 6.61 Å². The van der Waals surface area contributed by atoms with E-state index < -0.39 is 49.9 Å². The maximum Gasteiger partial charge on any atom is 0.316 e. The van der Waals surface area contributed by atoms with Gasteiger partial charge in [-0.25, -0.2) is 0 Å². The van der Waals surface area contributed by atoms with Gasteiger partial charge in [0.2, 0.25) is 0 Å². The molecule has 5 rings (SSSR count). The molecule has 0 unspecified atom stereocenters. The third-order valence-corrected chi connectivity index (χ3v) is 17.3. The first-order valence-corrected chi connectivity index (χ1v) is 21.6. The number of allylic oxidation sites excluding steroid dienone is 4. The van der Waals surface area contributed by atoms with Crippen LogP contribution in [0.1, 0.15) is 94.4 Å². The Kier molecular flexibility index (Phi) is 11.1. The van der Waals surface area contributed by atoms with Gasteiger partial charge in [-0.05, 0) is 73.7 Å². The van der Waals surface area contributed by atoms with Gasteiger partial charge in [-0.15, -0.1) is 11.6 Å². The number of esters is 1. The van der Waals surface area contributed by atoms with Crippen molar-refractivity contribution < 1.29 is 33.3 Å². The van der Waals surface area contributed by atoms with Crippen LogP contribution in [-0.4, -0.2) is 73.3 Å². The quantitative estimate of drug-likeness (QED) is 0.137. The zero-order valence-electron chi connectivity index (χ0n) is 31.2. The molecule has 2 bridgehead atoms. The fourth-order valence-electron chi connectivity index (χ4n) is 8.05. The standard InChI is InChI=1S/C39H61ClO7Si/c1-23(2)33-26(5)17-18-38(46-33)21-30-20-29(45-38)16-15-25(4)32(40)24(3)13-12-14-28-22-43-35-34(47-48(10,11)37(7,8)9)27(6)19-31(36(41)44-30)39(28,35)42/h12-15,19,23-24,26,29-35,42H,16-18,20-22H2,1-11H3/b13-12+,25-15+,28-14+/t24-,26-,29+,30-,31-,32+,33+,34+,35+,38+,39+/m0/s1. The zero-order valence-corrected chi connectivity index (χ0v) is 32.9. The van der Waals surface area contributed by atoms with Crippen LogP contribution in [0.2, 0.25) is 18.1 Å². The number of aliphatic hydroxyl groups is 1. The highest BCUT2D eigenvalue weighted by Gasteiger charge is 2.61. The summed E-state index contributed by atoms with van der Waals surface area (Å²) in [5.41, 5.74) is 0.964. The average Bonchev–Trinajstić information content (AvgIpc) is 3.33. The second-order valence-electron chi connectivity index (χ2n) is 17.3. The lowest BCUT2D eigenvalue weighted by molar-refractivity contribution is -0.340. The molecule has 9 heteroatoms. The maximum absolute atomic E-state index is 14.4. The highest BCUT2D eigenvalue weighted by molar-refractivity contribution is 6.74. The predicted molar refractivity (Wildman–Crippen MR) is 193 cm³/mol. The van der Waals surface area contributed by atoms with Crippen molar-refractivity contribution >= 4 is 25.9 Å². The zero-order chi connectivity index (χ0) is 35.4. The van der Waals surface area contributed by atoms with E-state index >= 15 is 0 Å². The van der Waals surface area contributed by atoms with E-state index in [0.29, 0.717) is 36.7 Å². The van der Waals surface area contributed by atoms with E-state index in [2.05, 4.69) is 80.6 Å². The number of hydrogen-bond acceptors (Lipinski definition) is 7. The molecule has 0 aromatic carbocycles. The van der Waals surface area contributed by atoms with E-state index in [1.165, 1.54) is 0 Å². The molecular formula is C39H61ClO7Si. The molecule has 48 heavy (non-hydrogen) atoms. The Morgan fingerprint density at radius 2 is 1.81 bits per heavy atom. The molecule has 1 aliphatic carbocycles. The van der Waals surface area contributed by atoms with Crippen LogP contribution in [-0.2, 0) is 28.2 Å². The fraction of sp³-hybridized carbons (Fsp3) is 0.769. The van der Waals surface area contributed by atoms with Crippen molar-refractivity contribution in [3.63, 3.8) is 0 Å². The van der Waals surface area contributed by atoms with Crippen molar-refractivity contribution in [3.05, 3.63) is 47.1 Å². The van der Waals surface area contributed by atoms with Gasteiger partial charge in [-0.2, -0.15) is 0 Å². The highest BCUT2D eigenvalue weighted by Crippen LogP contribution is 2.50. The first kappa shape index (κ1) is 38.0. The van der Waals surface area contributed by atoms with Gasteiger partial charge < -0.3 is 28.5 Å². The Morgan fingerprint density at radius 3 is 2.48 bits per heavy atom. The molecule has 1 spiro atoms. The summed E-state index contributed by atoms with van der Waals surface area (Å²) in [6.45, 7) is 24.0. The van der Waals surface area contributed by atoms with Crippen LogP contribution >= 0.6 is 11.6 Å². The van der Waals surface area contributed by atoms with Gasteiger partial charge in [0.15, 0.2) is 14.1 Å². The molecule has 3 saturated heterocycles. The molecular weight excluding hydrogens is 644 g/mol. The van der Waals surface area contributed by atoms with E-state index in [1.807, 2.05) is 25.2 Å². The molecule has 4 heterocycles. The van der Waals surface area contributed by atoms with Crippen LogP contribution in [0.4, 0.5) is 0 Å². The van der Waals surface area contributed by atoms with Crippen LogP contribution in [0.15, 0.2) is 47.1 Å². The SMILES string of the molecule is CC1=C[C@H]2C(=O)O[C@H]3C[C@@H](C/C=C(\C)[C@H](Cl)[C@@H](C)/C=C/C=C4\CO[C@H]([C@@H]1O[Si](C)(C)C(C)(C)C)[C@@]42O)O[C@@]1(CC[C@H](C)[C@@H](C(C)C)O1)C3. The minimum Gasteiger partial charge on any atom is -0.462 e. The van der Waals surface area contributed by atoms with E-state index in [0.717, 1.165) is 24.0 Å². The van der Waals surface area contributed by atoms with E-state index in [1.54, 1.807) is 0 Å². The molecule has 0 aromatic heterocycles. The number of carbonyl (C=O) groups excluding carboxylic acids is 1.